The third kappa shape index (κ3) is 4.99. The molecule has 0 heterocycles. The Morgan fingerprint density at radius 3 is 2.94 bits per heavy atom. The molecule has 0 spiro atoms. The summed E-state index contributed by atoms with van der Waals surface area (Å²) in [4.78, 5) is 10.7. The van der Waals surface area contributed by atoms with Gasteiger partial charge in [-0.15, -0.1) is 0 Å². The van der Waals surface area contributed by atoms with Gasteiger partial charge in [-0.3, -0.25) is 4.79 Å². The van der Waals surface area contributed by atoms with Gasteiger partial charge in [-0.2, -0.15) is 0 Å². The van der Waals surface area contributed by atoms with Gasteiger partial charge in [-0.05, 0) is 36.6 Å². The predicted octanol–water partition coefficient (Wildman–Crippen LogP) is 4.44. The van der Waals surface area contributed by atoms with Crippen LogP contribution in [0.3, 0.4) is 0 Å². The minimum Gasteiger partial charge on any atom is -0.288 e. The number of aryl methyl sites for hydroxylation is 1. The summed E-state index contributed by atoms with van der Waals surface area (Å²) in [6, 6.07) is 6.23. The molecule has 0 aliphatic rings. The van der Waals surface area contributed by atoms with E-state index >= 15 is 0 Å². The van der Waals surface area contributed by atoms with Crippen LogP contribution in [0.25, 0.3) is 6.08 Å². The second kappa shape index (κ2) is 6.92. The molecule has 16 heavy (non-hydrogen) atoms. The molecular weight excluding hydrogens is 284 g/mol. The fourth-order valence-electron chi connectivity index (χ4n) is 1.27. The van der Waals surface area contributed by atoms with Crippen LogP contribution in [0.4, 0.5) is 0 Å². The second-order valence-electron chi connectivity index (χ2n) is 3.53. The highest BCUT2D eigenvalue weighted by Gasteiger charge is 1.95. The maximum atomic E-state index is 10.7. The lowest BCUT2D eigenvalue weighted by Gasteiger charge is -2.00. The van der Waals surface area contributed by atoms with Gasteiger partial charge in [0.1, 0.15) is 0 Å². The number of allylic oxidation sites excluding steroid dienone is 1. The summed E-state index contributed by atoms with van der Waals surface area (Å²) in [5, 5.41) is 0.187. The van der Waals surface area contributed by atoms with E-state index < -0.39 is 0 Å². The third-order valence-corrected chi connectivity index (χ3v) is 3.47. The van der Waals surface area contributed by atoms with Gasteiger partial charge in [-0.25, -0.2) is 0 Å². The van der Waals surface area contributed by atoms with Crippen LogP contribution in [0.2, 0.25) is 0 Å². The van der Waals surface area contributed by atoms with Crippen LogP contribution >= 0.6 is 27.7 Å². The first-order chi connectivity index (χ1) is 7.59. The molecule has 1 aromatic rings. The van der Waals surface area contributed by atoms with Crippen molar-refractivity contribution in [3.63, 3.8) is 0 Å². The van der Waals surface area contributed by atoms with E-state index in [1.165, 1.54) is 22.9 Å². The Bertz CT molecular complexity index is 399. The van der Waals surface area contributed by atoms with E-state index in [1.54, 1.807) is 6.92 Å². The zero-order valence-electron chi connectivity index (χ0n) is 9.50. The van der Waals surface area contributed by atoms with Gasteiger partial charge in [0.05, 0.1) is 0 Å². The number of carbonyl (C=O) groups is 1. The summed E-state index contributed by atoms with van der Waals surface area (Å²) in [5.74, 6) is 0.860. The molecule has 3 heteroatoms. The maximum Gasteiger partial charge on any atom is 0.185 e. The molecule has 1 nitrogen and oxygen atoms in total. The molecular formula is C13H15BrOS. The molecule has 0 saturated heterocycles. The number of hydrogen-bond donors (Lipinski definition) is 0. The Morgan fingerprint density at radius 1 is 1.50 bits per heavy atom. The monoisotopic (exact) mass is 298 g/mol. The minimum atomic E-state index is 0.187. The highest BCUT2D eigenvalue weighted by atomic mass is 79.9. The van der Waals surface area contributed by atoms with Crippen molar-refractivity contribution in [3.8, 4) is 0 Å². The summed E-state index contributed by atoms with van der Waals surface area (Å²) in [6.45, 7) is 3.70. The highest BCUT2D eigenvalue weighted by molar-refractivity contribution is 9.10. The number of hydrogen-bond acceptors (Lipinski definition) is 2. The second-order valence-corrected chi connectivity index (χ2v) is 5.72. The van der Waals surface area contributed by atoms with Crippen LogP contribution in [0.5, 0.6) is 0 Å². The largest absolute Gasteiger partial charge is 0.288 e. The summed E-state index contributed by atoms with van der Waals surface area (Å²) in [6.07, 6.45) is 5.15. The summed E-state index contributed by atoms with van der Waals surface area (Å²) in [7, 11) is 0. The van der Waals surface area contributed by atoms with Crippen molar-refractivity contribution in [1.29, 1.82) is 0 Å². The topological polar surface area (TPSA) is 17.1 Å². The van der Waals surface area contributed by atoms with Crippen molar-refractivity contribution in [1.82, 2.24) is 0 Å². The quantitative estimate of drug-likeness (QED) is 0.765. The van der Waals surface area contributed by atoms with Gasteiger partial charge in [0.15, 0.2) is 5.12 Å². The molecule has 0 aliphatic carbocycles. The van der Waals surface area contributed by atoms with Gasteiger partial charge in [-0.1, -0.05) is 45.9 Å². The molecule has 0 unspecified atom stereocenters. The number of rotatable bonds is 4. The van der Waals surface area contributed by atoms with Crippen LogP contribution in [-0.4, -0.2) is 10.9 Å². The SMILES string of the molecule is CC(=O)SCCC=Cc1cc(Br)ccc1C. The first kappa shape index (κ1) is 13.5. The first-order valence-corrected chi connectivity index (χ1v) is 6.93. The molecule has 0 atom stereocenters. The zero-order chi connectivity index (χ0) is 12.0. The van der Waals surface area contributed by atoms with Crippen molar-refractivity contribution in [3.05, 3.63) is 39.9 Å². The molecule has 0 N–H and O–H groups in total. The van der Waals surface area contributed by atoms with Crippen molar-refractivity contribution >= 4 is 38.9 Å². The summed E-state index contributed by atoms with van der Waals surface area (Å²) >= 11 is 4.83. The van der Waals surface area contributed by atoms with Crippen molar-refractivity contribution in [2.24, 2.45) is 0 Å². The Kier molecular flexibility index (Phi) is 5.85. The zero-order valence-corrected chi connectivity index (χ0v) is 11.9. The van der Waals surface area contributed by atoms with Gasteiger partial charge in [0.2, 0.25) is 0 Å². The van der Waals surface area contributed by atoms with Crippen LogP contribution in [-0.2, 0) is 4.79 Å². The van der Waals surface area contributed by atoms with Gasteiger partial charge in [0, 0.05) is 17.1 Å². The summed E-state index contributed by atoms with van der Waals surface area (Å²) in [5.41, 5.74) is 2.49. The van der Waals surface area contributed by atoms with Crippen molar-refractivity contribution < 1.29 is 4.79 Å². The van der Waals surface area contributed by atoms with Crippen molar-refractivity contribution in [2.45, 2.75) is 20.3 Å². The van der Waals surface area contributed by atoms with E-state index in [1.807, 2.05) is 6.07 Å². The third-order valence-electron chi connectivity index (χ3n) is 2.13. The molecule has 0 aliphatic heterocycles. The summed E-state index contributed by atoms with van der Waals surface area (Å²) < 4.78 is 1.09. The average Bonchev–Trinajstić information content (AvgIpc) is 2.22. The molecule has 0 fully saturated rings. The van der Waals surface area contributed by atoms with E-state index in [0.717, 1.165) is 16.6 Å². The molecule has 1 rings (SSSR count). The Morgan fingerprint density at radius 2 is 2.25 bits per heavy atom. The molecule has 0 radical (unpaired) electrons. The fraction of sp³-hybridized carbons (Fsp3) is 0.308. The Balaban J connectivity index is 2.49. The van der Waals surface area contributed by atoms with E-state index in [9.17, 15) is 4.79 Å². The molecule has 1 aromatic carbocycles. The molecule has 86 valence electrons. The molecule has 0 aromatic heterocycles. The molecule has 0 amide bonds. The molecule has 0 bridgehead atoms. The van der Waals surface area contributed by atoms with E-state index in [0.29, 0.717) is 0 Å². The van der Waals surface area contributed by atoms with E-state index in [-0.39, 0.29) is 5.12 Å². The first-order valence-electron chi connectivity index (χ1n) is 5.15. The Hall–Kier alpha value is -0.540. The molecule has 0 saturated carbocycles. The fourth-order valence-corrected chi connectivity index (χ4v) is 2.19. The lowest BCUT2D eigenvalue weighted by atomic mass is 10.1. The number of benzene rings is 1. The normalized spacial score (nSPS) is 10.9. The lowest BCUT2D eigenvalue weighted by Crippen LogP contribution is -1.84. The minimum absolute atomic E-state index is 0.187. The lowest BCUT2D eigenvalue weighted by molar-refractivity contribution is -0.109. The van der Waals surface area contributed by atoms with Crippen LogP contribution < -0.4 is 0 Å². The van der Waals surface area contributed by atoms with E-state index in [2.05, 4.69) is 47.1 Å². The smallest absolute Gasteiger partial charge is 0.185 e. The highest BCUT2D eigenvalue weighted by Crippen LogP contribution is 2.17. The average molecular weight is 299 g/mol. The van der Waals surface area contributed by atoms with Gasteiger partial charge in [0.25, 0.3) is 0 Å². The van der Waals surface area contributed by atoms with Crippen LogP contribution in [0, 0.1) is 6.92 Å². The predicted molar refractivity (Wildman–Crippen MR) is 75.7 cm³/mol. The number of thioether (sulfide) groups is 1. The van der Waals surface area contributed by atoms with Crippen LogP contribution in [0.15, 0.2) is 28.7 Å². The number of carbonyl (C=O) groups excluding carboxylic acids is 1. The van der Waals surface area contributed by atoms with E-state index in [4.69, 9.17) is 0 Å². The number of halogens is 1. The standard InChI is InChI=1S/C13H15BrOS/c1-10-6-7-13(14)9-12(10)5-3-4-8-16-11(2)15/h3,5-7,9H,4,8H2,1-2H3. The van der Waals surface area contributed by atoms with Crippen LogP contribution in [0.1, 0.15) is 24.5 Å². The van der Waals surface area contributed by atoms with Gasteiger partial charge < -0.3 is 0 Å². The Labute approximate surface area is 109 Å². The van der Waals surface area contributed by atoms with Crippen molar-refractivity contribution in [2.75, 3.05) is 5.75 Å². The van der Waals surface area contributed by atoms with Gasteiger partial charge >= 0.3 is 0 Å². The maximum absolute atomic E-state index is 10.7.